The molecule has 3 nitrogen and oxygen atoms in total. The van der Waals surface area contributed by atoms with Crippen molar-refractivity contribution < 1.29 is 10.2 Å². The third-order valence-electron chi connectivity index (χ3n) is 3.64. The van der Waals surface area contributed by atoms with E-state index in [0.717, 1.165) is 25.1 Å². The van der Waals surface area contributed by atoms with Gasteiger partial charge in [-0.15, -0.1) is 0 Å². The van der Waals surface area contributed by atoms with E-state index in [4.69, 9.17) is 5.11 Å². The summed E-state index contributed by atoms with van der Waals surface area (Å²) in [7, 11) is 0. The van der Waals surface area contributed by atoms with Crippen molar-refractivity contribution in [1.29, 1.82) is 0 Å². The standard InChI is InChI=1S/C14H21NO2/c1-10-7-12(9-16)3-4-13(10)15-6-5-14(17)11(2)8-15/h3-4,7,11,14,16-17H,5-6,8-9H2,1-2H3. The third-order valence-corrected chi connectivity index (χ3v) is 3.64. The maximum absolute atomic E-state index is 9.73. The number of rotatable bonds is 2. The lowest BCUT2D eigenvalue weighted by atomic mass is 9.95. The van der Waals surface area contributed by atoms with Crippen LogP contribution < -0.4 is 4.90 Å². The molecular formula is C14H21NO2. The molecular weight excluding hydrogens is 214 g/mol. The molecule has 0 saturated carbocycles. The minimum atomic E-state index is -0.164. The summed E-state index contributed by atoms with van der Waals surface area (Å²) in [5.74, 6) is 0.320. The first-order chi connectivity index (χ1) is 8.11. The van der Waals surface area contributed by atoms with Crippen molar-refractivity contribution in [2.24, 2.45) is 5.92 Å². The number of hydrogen-bond acceptors (Lipinski definition) is 3. The van der Waals surface area contributed by atoms with Crippen LogP contribution in [0.25, 0.3) is 0 Å². The average molecular weight is 235 g/mol. The van der Waals surface area contributed by atoms with Crippen LogP contribution in [0, 0.1) is 12.8 Å². The first kappa shape index (κ1) is 12.4. The van der Waals surface area contributed by atoms with Gasteiger partial charge in [-0.2, -0.15) is 0 Å². The van der Waals surface area contributed by atoms with E-state index in [1.165, 1.54) is 11.3 Å². The van der Waals surface area contributed by atoms with Gasteiger partial charge in [0.2, 0.25) is 0 Å². The molecule has 2 unspecified atom stereocenters. The highest BCUT2D eigenvalue weighted by atomic mass is 16.3. The van der Waals surface area contributed by atoms with Gasteiger partial charge < -0.3 is 15.1 Å². The summed E-state index contributed by atoms with van der Waals surface area (Å²) >= 11 is 0. The molecule has 0 aromatic heterocycles. The van der Waals surface area contributed by atoms with E-state index in [1.807, 2.05) is 12.1 Å². The van der Waals surface area contributed by atoms with Crippen molar-refractivity contribution >= 4 is 5.69 Å². The van der Waals surface area contributed by atoms with E-state index >= 15 is 0 Å². The van der Waals surface area contributed by atoms with Crippen molar-refractivity contribution in [2.75, 3.05) is 18.0 Å². The van der Waals surface area contributed by atoms with Gasteiger partial charge in [0, 0.05) is 18.8 Å². The lowest BCUT2D eigenvalue weighted by molar-refractivity contribution is 0.0970. The van der Waals surface area contributed by atoms with Gasteiger partial charge in [0.25, 0.3) is 0 Å². The number of anilines is 1. The fraction of sp³-hybridized carbons (Fsp3) is 0.571. The predicted molar refractivity (Wildman–Crippen MR) is 69.1 cm³/mol. The van der Waals surface area contributed by atoms with Crippen LogP contribution in [-0.2, 0) is 6.61 Å². The quantitative estimate of drug-likeness (QED) is 0.820. The van der Waals surface area contributed by atoms with E-state index < -0.39 is 0 Å². The Morgan fingerprint density at radius 2 is 2.18 bits per heavy atom. The molecule has 1 heterocycles. The molecule has 1 aromatic carbocycles. The van der Waals surface area contributed by atoms with Crippen LogP contribution in [0.4, 0.5) is 5.69 Å². The maximum atomic E-state index is 9.73. The van der Waals surface area contributed by atoms with Crippen LogP contribution in [0.3, 0.4) is 0 Å². The normalized spacial score (nSPS) is 25.1. The van der Waals surface area contributed by atoms with Crippen LogP contribution in [0.5, 0.6) is 0 Å². The highest BCUT2D eigenvalue weighted by Crippen LogP contribution is 2.26. The number of aliphatic hydroxyl groups excluding tert-OH is 2. The zero-order valence-corrected chi connectivity index (χ0v) is 10.6. The van der Waals surface area contributed by atoms with Gasteiger partial charge >= 0.3 is 0 Å². The van der Waals surface area contributed by atoms with Gasteiger partial charge in [0.1, 0.15) is 0 Å². The molecule has 1 saturated heterocycles. The minimum absolute atomic E-state index is 0.0935. The predicted octanol–water partition coefficient (Wildman–Crippen LogP) is 1.69. The van der Waals surface area contributed by atoms with Crippen molar-refractivity contribution in [1.82, 2.24) is 0 Å². The van der Waals surface area contributed by atoms with Crippen LogP contribution in [-0.4, -0.2) is 29.4 Å². The zero-order chi connectivity index (χ0) is 12.4. The molecule has 0 bridgehead atoms. The molecule has 1 aromatic rings. The van der Waals surface area contributed by atoms with E-state index in [0.29, 0.717) is 5.92 Å². The number of hydrogen-bond donors (Lipinski definition) is 2. The fourth-order valence-corrected chi connectivity index (χ4v) is 2.52. The second kappa shape index (κ2) is 5.07. The summed E-state index contributed by atoms with van der Waals surface area (Å²) < 4.78 is 0. The van der Waals surface area contributed by atoms with E-state index in [9.17, 15) is 5.11 Å². The van der Waals surface area contributed by atoms with Gasteiger partial charge in [-0.1, -0.05) is 19.1 Å². The maximum Gasteiger partial charge on any atom is 0.0681 e. The first-order valence-electron chi connectivity index (χ1n) is 6.25. The third kappa shape index (κ3) is 2.61. The average Bonchev–Trinajstić information content (AvgIpc) is 2.32. The lowest BCUT2D eigenvalue weighted by Gasteiger charge is -2.36. The monoisotopic (exact) mass is 235 g/mol. The largest absolute Gasteiger partial charge is 0.393 e. The summed E-state index contributed by atoms with van der Waals surface area (Å²) in [6, 6.07) is 6.08. The Bertz CT molecular complexity index is 392. The SMILES string of the molecule is Cc1cc(CO)ccc1N1CCC(O)C(C)C1. The van der Waals surface area contributed by atoms with Crippen LogP contribution in [0.1, 0.15) is 24.5 Å². The molecule has 0 aliphatic carbocycles. The summed E-state index contributed by atoms with van der Waals surface area (Å²) in [6.07, 6.45) is 0.672. The van der Waals surface area contributed by atoms with Crippen molar-refractivity contribution in [3.05, 3.63) is 29.3 Å². The van der Waals surface area contributed by atoms with Crippen LogP contribution in [0.2, 0.25) is 0 Å². The highest BCUT2D eigenvalue weighted by Gasteiger charge is 2.24. The summed E-state index contributed by atoms with van der Waals surface area (Å²) in [5.41, 5.74) is 3.37. The fourth-order valence-electron chi connectivity index (χ4n) is 2.52. The van der Waals surface area contributed by atoms with Crippen LogP contribution in [0.15, 0.2) is 18.2 Å². The highest BCUT2D eigenvalue weighted by molar-refractivity contribution is 5.54. The van der Waals surface area contributed by atoms with Crippen molar-refractivity contribution in [3.8, 4) is 0 Å². The number of piperidine rings is 1. The van der Waals surface area contributed by atoms with Crippen molar-refractivity contribution in [2.45, 2.75) is 33.0 Å². The molecule has 1 aliphatic rings. The Hall–Kier alpha value is -1.06. The van der Waals surface area contributed by atoms with Crippen LogP contribution >= 0.6 is 0 Å². The zero-order valence-electron chi connectivity index (χ0n) is 10.6. The summed E-state index contributed by atoms with van der Waals surface area (Å²) in [4.78, 5) is 2.33. The van der Waals surface area contributed by atoms with Gasteiger partial charge in [0.15, 0.2) is 0 Å². The number of aryl methyl sites for hydroxylation is 1. The molecule has 1 fully saturated rings. The second-order valence-electron chi connectivity index (χ2n) is 5.06. The van der Waals surface area contributed by atoms with Crippen molar-refractivity contribution in [3.63, 3.8) is 0 Å². The Kier molecular flexibility index (Phi) is 3.69. The Balaban J connectivity index is 2.17. The van der Waals surface area contributed by atoms with Gasteiger partial charge in [0.05, 0.1) is 12.7 Å². The molecule has 2 rings (SSSR count). The summed E-state index contributed by atoms with van der Waals surface area (Å²) in [5, 5.41) is 18.8. The molecule has 1 aliphatic heterocycles. The number of aliphatic hydroxyl groups is 2. The van der Waals surface area contributed by atoms with Gasteiger partial charge in [-0.25, -0.2) is 0 Å². The molecule has 0 spiro atoms. The van der Waals surface area contributed by atoms with Gasteiger partial charge in [-0.05, 0) is 36.5 Å². The molecule has 2 atom stereocenters. The number of benzene rings is 1. The molecule has 3 heteroatoms. The molecule has 2 N–H and O–H groups in total. The molecule has 0 amide bonds. The molecule has 94 valence electrons. The Labute approximate surface area is 103 Å². The first-order valence-corrected chi connectivity index (χ1v) is 6.25. The van der Waals surface area contributed by atoms with Gasteiger partial charge in [-0.3, -0.25) is 0 Å². The van der Waals surface area contributed by atoms with E-state index in [-0.39, 0.29) is 12.7 Å². The molecule has 17 heavy (non-hydrogen) atoms. The lowest BCUT2D eigenvalue weighted by Crippen LogP contribution is -2.42. The Morgan fingerprint density at radius 3 is 2.76 bits per heavy atom. The van der Waals surface area contributed by atoms with E-state index in [2.05, 4.69) is 24.8 Å². The smallest absolute Gasteiger partial charge is 0.0681 e. The number of nitrogens with zero attached hydrogens (tertiary/aromatic N) is 1. The topological polar surface area (TPSA) is 43.7 Å². The minimum Gasteiger partial charge on any atom is -0.393 e. The summed E-state index contributed by atoms with van der Waals surface area (Å²) in [6.45, 7) is 6.07. The molecule has 0 radical (unpaired) electrons. The second-order valence-corrected chi connectivity index (χ2v) is 5.06. The Morgan fingerprint density at radius 1 is 1.41 bits per heavy atom. The van der Waals surface area contributed by atoms with E-state index in [1.54, 1.807) is 0 Å².